The van der Waals surface area contributed by atoms with Gasteiger partial charge in [-0.05, 0) is 0 Å². The Morgan fingerprint density at radius 1 is 0.765 bits per heavy atom. The first kappa shape index (κ1) is 15.7. The molecule has 0 saturated heterocycles. The minimum atomic E-state index is -4.59. The van der Waals surface area contributed by atoms with Crippen molar-refractivity contribution in [2.75, 3.05) is 0 Å². The summed E-state index contributed by atoms with van der Waals surface area (Å²) in [7, 11) is 0. The lowest BCUT2D eigenvalue weighted by Crippen LogP contribution is -2.18. The van der Waals surface area contributed by atoms with E-state index in [-0.39, 0.29) is 0 Å². The van der Waals surface area contributed by atoms with E-state index in [2.05, 4.69) is 4.74 Å². The lowest BCUT2D eigenvalue weighted by Gasteiger charge is -2.07. The highest BCUT2D eigenvalue weighted by Crippen LogP contribution is 2.23. The zero-order valence-corrected chi connectivity index (χ0v) is 8.32. The molecule has 0 aromatic heterocycles. The van der Waals surface area contributed by atoms with Gasteiger partial charge in [-0.1, -0.05) is 0 Å². The number of hydrogen-bond acceptors (Lipinski definition) is 3. The van der Waals surface area contributed by atoms with Gasteiger partial charge in [-0.2, -0.15) is 26.3 Å². The summed E-state index contributed by atoms with van der Waals surface area (Å²) in [6.07, 6.45) is -14.3. The van der Waals surface area contributed by atoms with E-state index in [9.17, 15) is 35.9 Å². The van der Waals surface area contributed by atoms with Crippen molar-refractivity contribution < 1.29 is 40.7 Å². The van der Waals surface area contributed by atoms with E-state index >= 15 is 0 Å². The molecule has 0 heterocycles. The number of ether oxygens (including phenoxy) is 1. The first-order chi connectivity index (χ1) is 7.49. The highest BCUT2D eigenvalue weighted by atomic mass is 19.4. The topological polar surface area (TPSA) is 43.4 Å². The molecule has 0 amide bonds. The molecule has 0 N–H and O–H groups in total. The summed E-state index contributed by atoms with van der Waals surface area (Å²) in [6.45, 7) is 0. The third-order valence-electron chi connectivity index (χ3n) is 1.45. The largest absolute Gasteiger partial charge is 0.393 e. The van der Waals surface area contributed by atoms with Gasteiger partial charge >= 0.3 is 24.3 Å². The number of alkyl halides is 6. The van der Waals surface area contributed by atoms with Gasteiger partial charge in [0.05, 0.1) is 25.7 Å². The summed E-state index contributed by atoms with van der Waals surface area (Å²) < 4.78 is 73.5. The van der Waals surface area contributed by atoms with Gasteiger partial charge in [0.1, 0.15) is 0 Å². The molecule has 100 valence electrons. The van der Waals surface area contributed by atoms with Crippen molar-refractivity contribution in [3.63, 3.8) is 0 Å². The van der Waals surface area contributed by atoms with Gasteiger partial charge < -0.3 is 4.74 Å². The molecule has 0 aromatic carbocycles. The fourth-order valence-electron chi connectivity index (χ4n) is 0.717. The van der Waals surface area contributed by atoms with Crippen LogP contribution in [0.4, 0.5) is 26.3 Å². The van der Waals surface area contributed by atoms with Crippen LogP contribution in [-0.4, -0.2) is 24.3 Å². The van der Waals surface area contributed by atoms with Crippen LogP contribution >= 0.6 is 0 Å². The van der Waals surface area contributed by atoms with Crippen LogP contribution in [0.5, 0.6) is 0 Å². The van der Waals surface area contributed by atoms with E-state index in [0.29, 0.717) is 0 Å². The molecule has 0 unspecified atom stereocenters. The second-order valence-corrected chi connectivity index (χ2v) is 3.08. The van der Waals surface area contributed by atoms with Gasteiger partial charge in [0, 0.05) is 0 Å². The summed E-state index contributed by atoms with van der Waals surface area (Å²) in [5.74, 6) is -2.98. The predicted molar refractivity (Wildman–Crippen MR) is 41.7 cm³/mol. The van der Waals surface area contributed by atoms with Crippen molar-refractivity contribution in [2.45, 2.75) is 38.0 Å². The Bertz CT molecular complexity index is 252. The Labute approximate surface area is 91.7 Å². The average Bonchev–Trinajstić information content (AvgIpc) is 2.09. The van der Waals surface area contributed by atoms with Crippen LogP contribution in [0.25, 0.3) is 0 Å². The van der Waals surface area contributed by atoms with E-state index in [4.69, 9.17) is 0 Å². The van der Waals surface area contributed by atoms with Gasteiger partial charge in [0.25, 0.3) is 0 Å². The van der Waals surface area contributed by atoms with Crippen molar-refractivity contribution >= 4 is 11.9 Å². The Balaban J connectivity index is 3.86. The van der Waals surface area contributed by atoms with Crippen LogP contribution in [0.1, 0.15) is 25.7 Å². The number of carbonyl (C=O) groups is 2. The summed E-state index contributed by atoms with van der Waals surface area (Å²) in [5.41, 5.74) is 0. The highest BCUT2D eigenvalue weighted by Gasteiger charge is 2.30. The molecule has 0 radical (unpaired) electrons. The monoisotopic (exact) mass is 266 g/mol. The third kappa shape index (κ3) is 11.0. The second-order valence-electron chi connectivity index (χ2n) is 3.08. The van der Waals surface area contributed by atoms with Crippen molar-refractivity contribution in [3.05, 3.63) is 0 Å². The molecule has 0 aliphatic heterocycles. The Hall–Kier alpha value is -1.28. The molecular formula is C8H8F6O3. The SMILES string of the molecule is O=C(CCC(F)(F)F)OC(=O)CCC(F)(F)F. The molecule has 0 bridgehead atoms. The number of carbonyl (C=O) groups excluding carboxylic acids is 2. The molecule has 0 rings (SSSR count). The van der Waals surface area contributed by atoms with E-state index in [1.54, 1.807) is 0 Å². The number of halogens is 6. The zero-order valence-electron chi connectivity index (χ0n) is 8.32. The molecule has 0 aromatic rings. The predicted octanol–water partition coefficient (Wildman–Crippen LogP) is 2.74. The van der Waals surface area contributed by atoms with E-state index in [0.717, 1.165) is 0 Å². The normalized spacial score (nSPS) is 12.4. The van der Waals surface area contributed by atoms with E-state index in [1.807, 2.05) is 0 Å². The molecule has 0 aliphatic carbocycles. The number of rotatable bonds is 4. The molecular weight excluding hydrogens is 258 g/mol. The molecule has 9 heteroatoms. The number of esters is 2. The van der Waals surface area contributed by atoms with Crippen LogP contribution in [-0.2, 0) is 14.3 Å². The van der Waals surface area contributed by atoms with Crippen molar-refractivity contribution in [1.29, 1.82) is 0 Å². The average molecular weight is 266 g/mol. The molecule has 0 fully saturated rings. The van der Waals surface area contributed by atoms with Gasteiger partial charge in [0.2, 0.25) is 0 Å². The quantitative estimate of drug-likeness (QED) is 0.446. The van der Waals surface area contributed by atoms with Gasteiger partial charge in [-0.15, -0.1) is 0 Å². The van der Waals surface area contributed by atoms with Crippen molar-refractivity contribution in [2.24, 2.45) is 0 Å². The molecule has 3 nitrogen and oxygen atoms in total. The standard InChI is InChI=1S/C8H8F6O3/c9-7(10,11)3-1-5(15)17-6(16)2-4-8(12,13)14/h1-4H2. The molecule has 0 spiro atoms. The molecule has 17 heavy (non-hydrogen) atoms. The van der Waals surface area contributed by atoms with Crippen LogP contribution < -0.4 is 0 Å². The van der Waals surface area contributed by atoms with Crippen LogP contribution in [0.15, 0.2) is 0 Å². The van der Waals surface area contributed by atoms with Crippen molar-refractivity contribution in [3.8, 4) is 0 Å². The fraction of sp³-hybridized carbons (Fsp3) is 0.750. The zero-order chi connectivity index (χ0) is 13.7. The van der Waals surface area contributed by atoms with Gasteiger partial charge in [-0.25, -0.2) is 0 Å². The lowest BCUT2D eigenvalue weighted by molar-refractivity contribution is -0.170. The first-order valence-electron chi connectivity index (χ1n) is 4.36. The highest BCUT2D eigenvalue weighted by molar-refractivity contribution is 5.85. The maximum absolute atomic E-state index is 11.6. The van der Waals surface area contributed by atoms with E-state index in [1.165, 1.54) is 0 Å². The summed E-state index contributed by atoms with van der Waals surface area (Å²) in [4.78, 5) is 21.2. The minimum absolute atomic E-state index is 1.10. The summed E-state index contributed by atoms with van der Waals surface area (Å²) in [5, 5.41) is 0. The summed E-state index contributed by atoms with van der Waals surface area (Å²) >= 11 is 0. The Morgan fingerprint density at radius 2 is 1.06 bits per heavy atom. The van der Waals surface area contributed by atoms with Crippen molar-refractivity contribution in [1.82, 2.24) is 0 Å². The maximum Gasteiger partial charge on any atom is 0.389 e. The second kappa shape index (κ2) is 5.87. The third-order valence-corrected chi connectivity index (χ3v) is 1.45. The molecule has 0 saturated carbocycles. The van der Waals surface area contributed by atoms with Crippen LogP contribution in [0.3, 0.4) is 0 Å². The Morgan fingerprint density at radius 3 is 1.29 bits per heavy atom. The lowest BCUT2D eigenvalue weighted by atomic mass is 10.3. The minimum Gasteiger partial charge on any atom is -0.393 e. The summed E-state index contributed by atoms with van der Waals surface area (Å²) in [6, 6.07) is 0. The molecule has 0 aliphatic rings. The van der Waals surface area contributed by atoms with Crippen LogP contribution in [0, 0.1) is 0 Å². The van der Waals surface area contributed by atoms with Gasteiger partial charge in [0.15, 0.2) is 0 Å². The Kier molecular flexibility index (Phi) is 5.43. The smallest absolute Gasteiger partial charge is 0.389 e. The fourth-order valence-corrected chi connectivity index (χ4v) is 0.717. The molecule has 0 atom stereocenters. The maximum atomic E-state index is 11.6. The first-order valence-corrected chi connectivity index (χ1v) is 4.36. The van der Waals surface area contributed by atoms with Crippen LogP contribution in [0.2, 0.25) is 0 Å². The van der Waals surface area contributed by atoms with E-state index < -0.39 is 50.0 Å². The number of hydrogen-bond donors (Lipinski definition) is 0. The van der Waals surface area contributed by atoms with Gasteiger partial charge in [-0.3, -0.25) is 9.59 Å².